The van der Waals surface area contributed by atoms with Gasteiger partial charge in [0.25, 0.3) is 5.91 Å². The normalized spacial score (nSPS) is 19.9. The number of nitrogens with zero attached hydrogens (tertiary/aromatic N) is 2. The number of hydrogen-bond donors (Lipinski definition) is 1. The summed E-state index contributed by atoms with van der Waals surface area (Å²) >= 11 is 1.41. The molecule has 0 radical (unpaired) electrons. The number of carboxylic acid groups (broad SMARTS) is 1. The fourth-order valence-electron chi connectivity index (χ4n) is 3.56. The number of aliphatic carboxylic acids is 1. The molecule has 0 unspecified atom stereocenters. The number of likely N-dealkylation sites (tertiary alicyclic amines) is 1. The second kappa shape index (κ2) is 7.58. The highest BCUT2D eigenvalue weighted by Gasteiger charge is 2.41. The lowest BCUT2D eigenvalue weighted by Gasteiger charge is -2.16. The highest BCUT2D eigenvalue weighted by molar-refractivity contribution is 7.13. The Morgan fingerprint density at radius 2 is 1.96 bits per heavy atom. The van der Waals surface area contributed by atoms with E-state index < -0.39 is 11.9 Å². The summed E-state index contributed by atoms with van der Waals surface area (Å²) in [4.78, 5) is 31.7. The SMILES string of the molecule is Cc1nc(CC(C)C)c(C(=O)N2C[C@H](C(=O)O)[C@H](c3ccccc3)C2)s1. The summed E-state index contributed by atoms with van der Waals surface area (Å²) in [5.41, 5.74) is 1.81. The van der Waals surface area contributed by atoms with Crippen molar-refractivity contribution in [1.82, 2.24) is 9.88 Å². The Morgan fingerprint density at radius 1 is 1.27 bits per heavy atom. The topological polar surface area (TPSA) is 70.5 Å². The van der Waals surface area contributed by atoms with E-state index in [1.807, 2.05) is 37.3 Å². The fourth-order valence-corrected chi connectivity index (χ4v) is 4.48. The lowest BCUT2D eigenvalue weighted by molar-refractivity contribution is -0.141. The molecule has 26 heavy (non-hydrogen) atoms. The van der Waals surface area contributed by atoms with Crippen LogP contribution in [0.4, 0.5) is 0 Å². The van der Waals surface area contributed by atoms with Crippen molar-refractivity contribution >= 4 is 23.2 Å². The number of hydrogen-bond acceptors (Lipinski definition) is 4. The van der Waals surface area contributed by atoms with Crippen LogP contribution in [0.5, 0.6) is 0 Å². The number of aromatic nitrogens is 1. The number of thiazole rings is 1. The molecule has 2 atom stereocenters. The van der Waals surface area contributed by atoms with Crippen molar-refractivity contribution in [2.24, 2.45) is 11.8 Å². The van der Waals surface area contributed by atoms with Gasteiger partial charge in [-0.1, -0.05) is 44.2 Å². The Morgan fingerprint density at radius 3 is 2.58 bits per heavy atom. The van der Waals surface area contributed by atoms with Crippen LogP contribution in [0.25, 0.3) is 0 Å². The quantitative estimate of drug-likeness (QED) is 0.871. The molecule has 1 aromatic carbocycles. The summed E-state index contributed by atoms with van der Waals surface area (Å²) in [6, 6.07) is 9.61. The van der Waals surface area contributed by atoms with Gasteiger partial charge in [-0.05, 0) is 24.8 Å². The summed E-state index contributed by atoms with van der Waals surface area (Å²) in [7, 11) is 0. The number of benzene rings is 1. The standard InChI is InChI=1S/C20H24N2O3S/c1-12(2)9-17-18(26-13(3)21-17)19(23)22-10-15(16(11-22)20(24)25)14-7-5-4-6-8-14/h4-8,12,15-16H,9-11H2,1-3H3,(H,24,25)/t15-,16-/m0/s1. The molecule has 3 rings (SSSR count). The number of carbonyl (C=O) groups is 2. The van der Waals surface area contributed by atoms with Crippen molar-refractivity contribution in [2.75, 3.05) is 13.1 Å². The molecule has 2 heterocycles. The van der Waals surface area contributed by atoms with E-state index in [4.69, 9.17) is 0 Å². The average Bonchev–Trinajstić information content (AvgIpc) is 3.18. The van der Waals surface area contributed by atoms with Gasteiger partial charge in [-0.15, -0.1) is 11.3 Å². The molecule has 1 amide bonds. The van der Waals surface area contributed by atoms with E-state index >= 15 is 0 Å². The second-order valence-corrected chi connectivity index (χ2v) is 8.48. The van der Waals surface area contributed by atoms with Gasteiger partial charge in [0.15, 0.2) is 0 Å². The Kier molecular flexibility index (Phi) is 5.41. The molecule has 1 saturated heterocycles. The van der Waals surface area contributed by atoms with Crippen LogP contribution in [0.3, 0.4) is 0 Å². The van der Waals surface area contributed by atoms with Gasteiger partial charge in [-0.3, -0.25) is 9.59 Å². The van der Waals surface area contributed by atoms with Crippen molar-refractivity contribution in [3.8, 4) is 0 Å². The number of carbonyl (C=O) groups excluding carboxylic acids is 1. The second-order valence-electron chi connectivity index (χ2n) is 7.28. The minimum Gasteiger partial charge on any atom is -0.481 e. The summed E-state index contributed by atoms with van der Waals surface area (Å²) in [5, 5.41) is 10.5. The maximum atomic E-state index is 13.1. The maximum Gasteiger partial charge on any atom is 0.308 e. The van der Waals surface area contributed by atoms with Gasteiger partial charge in [-0.25, -0.2) is 4.98 Å². The molecule has 0 spiro atoms. The van der Waals surface area contributed by atoms with Crippen LogP contribution in [-0.2, 0) is 11.2 Å². The zero-order chi connectivity index (χ0) is 18.8. The lowest BCUT2D eigenvalue weighted by atomic mass is 9.89. The summed E-state index contributed by atoms with van der Waals surface area (Å²) in [6.07, 6.45) is 0.754. The van der Waals surface area contributed by atoms with Crippen molar-refractivity contribution < 1.29 is 14.7 Å². The van der Waals surface area contributed by atoms with Gasteiger partial charge in [-0.2, -0.15) is 0 Å². The molecule has 138 valence electrons. The first-order chi connectivity index (χ1) is 12.4. The van der Waals surface area contributed by atoms with Crippen molar-refractivity contribution in [1.29, 1.82) is 0 Å². The molecule has 0 aliphatic carbocycles. The molecule has 1 fully saturated rings. The van der Waals surface area contributed by atoms with E-state index in [9.17, 15) is 14.7 Å². The molecule has 0 bridgehead atoms. The monoisotopic (exact) mass is 372 g/mol. The Bertz CT molecular complexity index is 801. The average molecular weight is 372 g/mol. The van der Waals surface area contributed by atoms with Crippen LogP contribution in [0.15, 0.2) is 30.3 Å². The van der Waals surface area contributed by atoms with Crippen LogP contribution < -0.4 is 0 Å². The molecular weight excluding hydrogens is 348 g/mol. The third-order valence-corrected chi connectivity index (χ3v) is 5.75. The minimum absolute atomic E-state index is 0.0871. The van der Waals surface area contributed by atoms with Crippen LogP contribution in [0, 0.1) is 18.8 Å². The van der Waals surface area contributed by atoms with Crippen molar-refractivity contribution in [3.05, 3.63) is 51.5 Å². The van der Waals surface area contributed by atoms with Gasteiger partial charge in [0.1, 0.15) is 4.88 Å². The predicted molar refractivity (Wildman–Crippen MR) is 102 cm³/mol. The fraction of sp³-hybridized carbons (Fsp3) is 0.450. The van der Waals surface area contributed by atoms with E-state index in [0.717, 1.165) is 22.7 Å². The van der Waals surface area contributed by atoms with Gasteiger partial charge >= 0.3 is 5.97 Å². The smallest absolute Gasteiger partial charge is 0.308 e. The molecule has 1 N–H and O–H groups in total. The third kappa shape index (κ3) is 3.80. The highest BCUT2D eigenvalue weighted by Crippen LogP contribution is 2.34. The molecule has 2 aromatic rings. The first-order valence-corrected chi connectivity index (χ1v) is 9.71. The van der Waals surface area contributed by atoms with Crippen LogP contribution in [0.1, 0.15) is 45.7 Å². The largest absolute Gasteiger partial charge is 0.481 e. The van der Waals surface area contributed by atoms with E-state index in [1.54, 1.807) is 4.90 Å². The molecule has 0 saturated carbocycles. The van der Waals surface area contributed by atoms with Gasteiger partial charge in [0, 0.05) is 19.0 Å². The molecular formula is C20H24N2O3S. The zero-order valence-electron chi connectivity index (χ0n) is 15.3. The number of aryl methyl sites for hydroxylation is 1. The van der Waals surface area contributed by atoms with Crippen LogP contribution in [0.2, 0.25) is 0 Å². The third-order valence-electron chi connectivity index (χ3n) is 4.75. The molecule has 1 aliphatic heterocycles. The van der Waals surface area contributed by atoms with Crippen LogP contribution in [-0.4, -0.2) is 40.0 Å². The number of amides is 1. The minimum atomic E-state index is -0.850. The number of rotatable bonds is 5. The first kappa shape index (κ1) is 18.6. The predicted octanol–water partition coefficient (Wildman–Crippen LogP) is 3.59. The lowest BCUT2D eigenvalue weighted by Crippen LogP contribution is -2.30. The first-order valence-electron chi connectivity index (χ1n) is 8.90. The van der Waals surface area contributed by atoms with Gasteiger partial charge in [0.2, 0.25) is 0 Å². The van der Waals surface area contributed by atoms with Gasteiger partial charge in [0.05, 0.1) is 16.6 Å². The van der Waals surface area contributed by atoms with E-state index in [1.165, 1.54) is 11.3 Å². The zero-order valence-corrected chi connectivity index (χ0v) is 16.1. The summed E-state index contributed by atoms with van der Waals surface area (Å²) in [6.45, 7) is 6.78. The van der Waals surface area contributed by atoms with Crippen molar-refractivity contribution in [2.45, 2.75) is 33.1 Å². The Labute approximate surface area is 157 Å². The molecule has 1 aromatic heterocycles. The summed E-state index contributed by atoms with van der Waals surface area (Å²) < 4.78 is 0. The summed E-state index contributed by atoms with van der Waals surface area (Å²) in [5.74, 6) is -1.29. The Hall–Kier alpha value is -2.21. The van der Waals surface area contributed by atoms with Crippen molar-refractivity contribution in [3.63, 3.8) is 0 Å². The maximum absolute atomic E-state index is 13.1. The Balaban J connectivity index is 1.86. The van der Waals surface area contributed by atoms with Crippen LogP contribution >= 0.6 is 11.3 Å². The molecule has 5 nitrogen and oxygen atoms in total. The molecule has 1 aliphatic rings. The highest BCUT2D eigenvalue weighted by atomic mass is 32.1. The van der Waals surface area contributed by atoms with E-state index in [0.29, 0.717) is 17.3 Å². The van der Waals surface area contributed by atoms with Gasteiger partial charge < -0.3 is 10.0 Å². The van der Waals surface area contributed by atoms with E-state index in [-0.39, 0.29) is 18.4 Å². The number of carboxylic acids is 1. The molecule has 6 heteroatoms. The van der Waals surface area contributed by atoms with E-state index in [2.05, 4.69) is 18.8 Å².